The van der Waals surface area contributed by atoms with Crippen LogP contribution in [0.1, 0.15) is 13.3 Å². The fourth-order valence-corrected chi connectivity index (χ4v) is 2.63. The number of para-hydroxylation sites is 1. The lowest BCUT2D eigenvalue weighted by molar-refractivity contribution is 0.595. The third-order valence-electron chi connectivity index (χ3n) is 2.92. The molecular weight excluding hydrogens is 278 g/mol. The summed E-state index contributed by atoms with van der Waals surface area (Å²) in [5.74, 6) is 0.452. The Hall–Kier alpha value is -1.89. The predicted octanol–water partition coefficient (Wildman–Crippen LogP) is 1.16. The van der Waals surface area contributed by atoms with Crippen LogP contribution in [0.4, 0.5) is 5.95 Å². The van der Waals surface area contributed by atoms with Crippen LogP contribution in [0.2, 0.25) is 0 Å². The van der Waals surface area contributed by atoms with Gasteiger partial charge in [-0.05, 0) is 25.5 Å². The van der Waals surface area contributed by atoms with Gasteiger partial charge in [0.15, 0.2) is 0 Å². The van der Waals surface area contributed by atoms with Crippen molar-refractivity contribution in [3.8, 4) is 0 Å². The molecule has 1 aromatic heterocycles. The molecule has 0 aliphatic carbocycles. The van der Waals surface area contributed by atoms with Gasteiger partial charge in [-0.3, -0.25) is 9.78 Å². The van der Waals surface area contributed by atoms with E-state index < -0.39 is 9.84 Å². The van der Waals surface area contributed by atoms with Crippen LogP contribution in [0, 0.1) is 0 Å². The summed E-state index contributed by atoms with van der Waals surface area (Å²) < 4.78 is 22.2. The standard InChI is InChI=1S/C13H17N3O3S/c1-9(7-8-20(2,18)19)14-13-15-11-6-4-3-5-10(11)12(17)16-13/h3-6,9H,7-8H2,1-2H3,(H2,14,15,16,17). The highest BCUT2D eigenvalue weighted by Crippen LogP contribution is 2.09. The molecule has 1 atom stereocenters. The molecule has 0 aliphatic heterocycles. The van der Waals surface area contributed by atoms with Gasteiger partial charge in [-0.25, -0.2) is 13.4 Å². The van der Waals surface area contributed by atoms with Gasteiger partial charge in [0.05, 0.1) is 16.7 Å². The van der Waals surface area contributed by atoms with Crippen molar-refractivity contribution >= 4 is 26.7 Å². The fraction of sp³-hybridized carbons (Fsp3) is 0.385. The molecule has 20 heavy (non-hydrogen) atoms. The Bertz CT molecular complexity index is 768. The molecule has 1 unspecified atom stereocenters. The maximum absolute atomic E-state index is 11.9. The van der Waals surface area contributed by atoms with Gasteiger partial charge >= 0.3 is 0 Å². The molecule has 0 aliphatic rings. The Kier molecular flexibility index (Phi) is 4.08. The van der Waals surface area contributed by atoms with E-state index in [0.717, 1.165) is 0 Å². The Balaban J connectivity index is 2.16. The molecule has 0 saturated heterocycles. The zero-order chi connectivity index (χ0) is 14.8. The monoisotopic (exact) mass is 295 g/mol. The van der Waals surface area contributed by atoms with Gasteiger partial charge in [0.2, 0.25) is 5.95 Å². The lowest BCUT2D eigenvalue weighted by Gasteiger charge is -2.13. The van der Waals surface area contributed by atoms with Gasteiger partial charge in [0.1, 0.15) is 9.84 Å². The number of aromatic amines is 1. The second kappa shape index (κ2) is 5.62. The maximum Gasteiger partial charge on any atom is 0.260 e. The second-order valence-electron chi connectivity index (χ2n) is 4.90. The van der Waals surface area contributed by atoms with Crippen LogP contribution in [0.5, 0.6) is 0 Å². The summed E-state index contributed by atoms with van der Waals surface area (Å²) in [4.78, 5) is 18.8. The predicted molar refractivity (Wildman–Crippen MR) is 79.8 cm³/mol. The van der Waals surface area contributed by atoms with E-state index in [1.54, 1.807) is 18.2 Å². The highest BCUT2D eigenvalue weighted by atomic mass is 32.2. The number of nitrogens with one attached hydrogen (secondary N) is 2. The minimum absolute atomic E-state index is 0.0962. The Morgan fingerprint density at radius 1 is 1.35 bits per heavy atom. The van der Waals surface area contributed by atoms with E-state index in [2.05, 4.69) is 15.3 Å². The van der Waals surface area contributed by atoms with Crippen LogP contribution < -0.4 is 10.9 Å². The van der Waals surface area contributed by atoms with Gasteiger partial charge < -0.3 is 5.32 Å². The molecule has 0 bridgehead atoms. The SMILES string of the molecule is CC(CCS(C)(=O)=O)Nc1nc2ccccc2c(=O)[nH]1. The molecular formula is C13H17N3O3S. The minimum Gasteiger partial charge on any atom is -0.353 e. The van der Waals surface area contributed by atoms with Gasteiger partial charge in [0, 0.05) is 12.3 Å². The van der Waals surface area contributed by atoms with Gasteiger partial charge in [-0.2, -0.15) is 0 Å². The van der Waals surface area contributed by atoms with E-state index in [1.807, 2.05) is 13.0 Å². The van der Waals surface area contributed by atoms with Crippen LogP contribution in [-0.2, 0) is 9.84 Å². The zero-order valence-corrected chi connectivity index (χ0v) is 12.2. The quantitative estimate of drug-likeness (QED) is 0.863. The van der Waals surface area contributed by atoms with Crippen molar-refractivity contribution in [1.82, 2.24) is 9.97 Å². The lowest BCUT2D eigenvalue weighted by Crippen LogP contribution is -2.22. The number of aromatic nitrogens is 2. The first-order valence-corrected chi connectivity index (χ1v) is 8.34. The molecule has 0 spiro atoms. The van der Waals surface area contributed by atoms with Gasteiger partial charge in [-0.1, -0.05) is 12.1 Å². The van der Waals surface area contributed by atoms with Crippen LogP contribution in [0.3, 0.4) is 0 Å². The average Bonchev–Trinajstić information content (AvgIpc) is 2.36. The summed E-state index contributed by atoms with van der Waals surface area (Å²) in [6.07, 6.45) is 1.66. The van der Waals surface area contributed by atoms with Crippen molar-refractivity contribution in [1.29, 1.82) is 0 Å². The smallest absolute Gasteiger partial charge is 0.260 e. The van der Waals surface area contributed by atoms with Crippen molar-refractivity contribution in [2.24, 2.45) is 0 Å². The van der Waals surface area contributed by atoms with E-state index in [-0.39, 0.29) is 17.4 Å². The van der Waals surface area contributed by atoms with E-state index >= 15 is 0 Å². The third kappa shape index (κ3) is 3.80. The molecule has 6 nitrogen and oxygen atoms in total. The first-order chi connectivity index (χ1) is 9.35. The average molecular weight is 295 g/mol. The summed E-state index contributed by atoms with van der Waals surface area (Å²) in [6, 6.07) is 6.95. The summed E-state index contributed by atoms with van der Waals surface area (Å²) in [5.41, 5.74) is 0.391. The lowest BCUT2D eigenvalue weighted by atomic mass is 10.2. The Morgan fingerprint density at radius 2 is 2.05 bits per heavy atom. The summed E-state index contributed by atoms with van der Waals surface area (Å²) in [7, 11) is -2.99. The number of benzene rings is 1. The fourth-order valence-electron chi connectivity index (χ4n) is 1.85. The number of anilines is 1. The number of H-pyrrole nitrogens is 1. The van der Waals surface area contributed by atoms with E-state index in [0.29, 0.717) is 23.3 Å². The van der Waals surface area contributed by atoms with Crippen LogP contribution in [-0.4, -0.2) is 36.4 Å². The molecule has 0 amide bonds. The van der Waals surface area contributed by atoms with Crippen molar-refractivity contribution in [3.63, 3.8) is 0 Å². The number of fused-ring (bicyclic) bond motifs is 1. The summed E-state index contributed by atoms with van der Waals surface area (Å²) in [6.45, 7) is 1.85. The molecule has 2 N–H and O–H groups in total. The molecule has 0 radical (unpaired) electrons. The van der Waals surface area contributed by atoms with Crippen molar-refractivity contribution < 1.29 is 8.42 Å². The number of hydrogen-bond donors (Lipinski definition) is 2. The molecule has 1 aromatic carbocycles. The molecule has 2 rings (SSSR count). The molecule has 0 fully saturated rings. The third-order valence-corrected chi connectivity index (χ3v) is 3.89. The van der Waals surface area contributed by atoms with Crippen molar-refractivity contribution in [2.75, 3.05) is 17.3 Å². The summed E-state index contributed by atoms with van der Waals surface area (Å²) >= 11 is 0. The van der Waals surface area contributed by atoms with Crippen LogP contribution in [0.25, 0.3) is 10.9 Å². The van der Waals surface area contributed by atoms with Gasteiger partial charge in [-0.15, -0.1) is 0 Å². The highest BCUT2D eigenvalue weighted by molar-refractivity contribution is 7.90. The molecule has 108 valence electrons. The largest absolute Gasteiger partial charge is 0.353 e. The van der Waals surface area contributed by atoms with E-state index in [9.17, 15) is 13.2 Å². The van der Waals surface area contributed by atoms with Gasteiger partial charge in [0.25, 0.3) is 5.56 Å². The first-order valence-electron chi connectivity index (χ1n) is 6.28. The van der Waals surface area contributed by atoms with E-state index in [1.165, 1.54) is 6.26 Å². The highest BCUT2D eigenvalue weighted by Gasteiger charge is 2.09. The molecule has 2 aromatic rings. The second-order valence-corrected chi connectivity index (χ2v) is 7.16. The number of hydrogen-bond acceptors (Lipinski definition) is 5. The van der Waals surface area contributed by atoms with Crippen molar-refractivity contribution in [2.45, 2.75) is 19.4 Å². The molecule has 0 saturated carbocycles. The van der Waals surface area contributed by atoms with Crippen molar-refractivity contribution in [3.05, 3.63) is 34.6 Å². The van der Waals surface area contributed by atoms with E-state index in [4.69, 9.17) is 0 Å². The topological polar surface area (TPSA) is 91.9 Å². The summed E-state index contributed by atoms with van der Waals surface area (Å²) in [5, 5.41) is 3.55. The van der Waals surface area contributed by atoms with Crippen LogP contribution in [0.15, 0.2) is 29.1 Å². The normalized spacial score (nSPS) is 13.3. The molecule has 1 heterocycles. The van der Waals surface area contributed by atoms with Crippen LogP contribution >= 0.6 is 0 Å². The number of nitrogens with zero attached hydrogens (tertiary/aromatic N) is 1. The minimum atomic E-state index is -2.99. The first kappa shape index (κ1) is 14.5. The Labute approximate surface area is 117 Å². The number of rotatable bonds is 5. The Morgan fingerprint density at radius 3 is 2.75 bits per heavy atom. The number of sulfone groups is 1. The molecule has 7 heteroatoms. The maximum atomic E-state index is 11.9. The zero-order valence-electron chi connectivity index (χ0n) is 11.4.